The fraction of sp³-hybridized carbons (Fsp3) is 0.333. The summed E-state index contributed by atoms with van der Waals surface area (Å²) >= 11 is 0. The predicted molar refractivity (Wildman–Crippen MR) is 71.3 cm³/mol. The van der Waals surface area contributed by atoms with Crippen LogP contribution in [0.25, 0.3) is 0 Å². The number of nitrogens with zero attached hydrogens (tertiary/aromatic N) is 1. The van der Waals surface area contributed by atoms with Gasteiger partial charge < -0.3 is 9.84 Å². The van der Waals surface area contributed by atoms with Gasteiger partial charge in [-0.15, -0.1) is 0 Å². The Bertz CT molecular complexity index is 636. The van der Waals surface area contributed by atoms with Crippen LogP contribution in [-0.2, 0) is 19.6 Å². The van der Waals surface area contributed by atoms with Crippen molar-refractivity contribution in [2.45, 2.75) is 30.3 Å². The van der Waals surface area contributed by atoms with E-state index in [9.17, 15) is 13.2 Å². The maximum Gasteiger partial charge on any atom is 0.344 e. The van der Waals surface area contributed by atoms with Gasteiger partial charge in [0.1, 0.15) is 0 Å². The molecule has 108 valence electrons. The molecule has 1 aliphatic rings. The summed E-state index contributed by atoms with van der Waals surface area (Å²) in [6.45, 7) is 0. The molecule has 0 aromatic heterocycles. The number of primary sulfonamides is 1. The van der Waals surface area contributed by atoms with Crippen molar-refractivity contribution in [3.63, 3.8) is 0 Å². The lowest BCUT2D eigenvalue weighted by Gasteiger charge is -2.21. The Labute approximate surface area is 116 Å². The van der Waals surface area contributed by atoms with Crippen LogP contribution in [0, 0.1) is 0 Å². The summed E-state index contributed by atoms with van der Waals surface area (Å²) in [6.07, 6.45) is 0.830. The maximum atomic E-state index is 11.1. The van der Waals surface area contributed by atoms with Crippen LogP contribution in [0.1, 0.15) is 19.3 Å². The lowest BCUT2D eigenvalue weighted by Crippen LogP contribution is -2.30. The number of nitrogens with two attached hydrogens (primary N) is 1. The molecule has 1 aliphatic heterocycles. The van der Waals surface area contributed by atoms with Gasteiger partial charge in [0.05, 0.1) is 10.6 Å². The predicted octanol–water partition coefficient (Wildman–Crippen LogP) is 1.02. The monoisotopic (exact) mass is 298 g/mol. The molecular formula is C12H14N2O5S. The van der Waals surface area contributed by atoms with Crippen molar-refractivity contribution in [1.82, 2.24) is 0 Å². The minimum absolute atomic E-state index is 0.00516. The highest BCUT2D eigenvalue weighted by Crippen LogP contribution is 2.21. The van der Waals surface area contributed by atoms with Gasteiger partial charge in [-0.3, -0.25) is 0 Å². The average molecular weight is 298 g/mol. The third kappa shape index (κ3) is 3.55. The quantitative estimate of drug-likeness (QED) is 0.863. The summed E-state index contributed by atoms with van der Waals surface area (Å²) < 4.78 is 27.5. The zero-order valence-corrected chi connectivity index (χ0v) is 11.3. The number of aliphatic carboxylic acids is 1. The molecule has 1 fully saturated rings. The van der Waals surface area contributed by atoms with E-state index in [1.807, 2.05) is 0 Å². The molecule has 20 heavy (non-hydrogen) atoms. The molecular weight excluding hydrogens is 284 g/mol. The lowest BCUT2D eigenvalue weighted by atomic mass is 10.1. The molecule has 0 aliphatic carbocycles. The van der Waals surface area contributed by atoms with Crippen molar-refractivity contribution < 1.29 is 23.1 Å². The molecule has 1 aromatic carbocycles. The molecule has 0 bridgehead atoms. The lowest BCUT2D eigenvalue weighted by molar-refractivity contribution is -0.146. The summed E-state index contributed by atoms with van der Waals surface area (Å²) in [5.41, 5.74) is 0.485. The van der Waals surface area contributed by atoms with E-state index in [4.69, 9.17) is 15.0 Å². The van der Waals surface area contributed by atoms with Crippen LogP contribution in [0.5, 0.6) is 0 Å². The van der Waals surface area contributed by atoms with Crippen LogP contribution >= 0.6 is 0 Å². The molecule has 0 spiro atoms. The van der Waals surface area contributed by atoms with E-state index in [0.717, 1.165) is 0 Å². The van der Waals surface area contributed by atoms with Crippen molar-refractivity contribution in [3.8, 4) is 0 Å². The Hall–Kier alpha value is -1.93. The van der Waals surface area contributed by atoms with E-state index in [2.05, 4.69) is 4.99 Å². The second-order valence-corrected chi connectivity index (χ2v) is 5.94. The molecule has 1 atom stereocenters. The van der Waals surface area contributed by atoms with Gasteiger partial charge in [0.15, 0.2) is 12.0 Å². The molecule has 2 rings (SSSR count). The third-order valence-electron chi connectivity index (χ3n) is 2.83. The Morgan fingerprint density at radius 1 is 1.35 bits per heavy atom. The average Bonchev–Trinajstić information content (AvgIpc) is 2.38. The molecule has 1 saturated heterocycles. The van der Waals surface area contributed by atoms with Gasteiger partial charge >= 0.3 is 5.97 Å². The molecule has 1 aromatic rings. The minimum Gasteiger partial charge on any atom is -0.479 e. The zero-order chi connectivity index (χ0) is 14.8. The molecule has 0 amide bonds. The van der Waals surface area contributed by atoms with E-state index in [1.165, 1.54) is 24.3 Å². The number of carboxylic acid groups (broad SMARTS) is 1. The highest BCUT2D eigenvalue weighted by molar-refractivity contribution is 7.89. The topological polar surface area (TPSA) is 119 Å². The second kappa shape index (κ2) is 5.59. The van der Waals surface area contributed by atoms with Crippen LogP contribution < -0.4 is 5.14 Å². The van der Waals surface area contributed by atoms with Crippen molar-refractivity contribution in [2.24, 2.45) is 10.1 Å². The van der Waals surface area contributed by atoms with Crippen molar-refractivity contribution in [2.75, 3.05) is 0 Å². The van der Waals surface area contributed by atoms with E-state index < -0.39 is 22.1 Å². The van der Waals surface area contributed by atoms with Crippen molar-refractivity contribution in [1.29, 1.82) is 0 Å². The first-order valence-corrected chi connectivity index (χ1v) is 7.51. The number of aliphatic imine (C=N–C) groups is 1. The van der Waals surface area contributed by atoms with Gasteiger partial charge in [-0.1, -0.05) is 0 Å². The highest BCUT2D eigenvalue weighted by atomic mass is 32.2. The van der Waals surface area contributed by atoms with Gasteiger partial charge in [-0.05, 0) is 37.1 Å². The number of hydrogen-bond donors (Lipinski definition) is 2. The summed E-state index contributed by atoms with van der Waals surface area (Å²) in [6, 6.07) is 5.65. The fourth-order valence-corrected chi connectivity index (χ4v) is 2.35. The molecule has 7 nitrogen and oxygen atoms in total. The molecule has 3 N–H and O–H groups in total. The first kappa shape index (κ1) is 14.5. The molecule has 0 radical (unpaired) electrons. The van der Waals surface area contributed by atoms with Gasteiger partial charge in [0.2, 0.25) is 10.0 Å². The van der Waals surface area contributed by atoms with Crippen LogP contribution in [-0.4, -0.2) is 31.5 Å². The Kier molecular flexibility index (Phi) is 4.05. The normalized spacial score (nSPS) is 21.4. The summed E-state index contributed by atoms with van der Waals surface area (Å²) in [7, 11) is -3.73. The number of sulfonamides is 1. The zero-order valence-electron chi connectivity index (χ0n) is 10.5. The van der Waals surface area contributed by atoms with Gasteiger partial charge in [0.25, 0.3) is 0 Å². The standard InChI is InChI=1S/C12H14N2O5S/c13-20(17,18)9-6-4-8(5-7-9)14-11-3-1-2-10(19-11)12(15)16/h4-7,10H,1-3H2,(H,15,16)(H2,13,17,18)/t10-/m1/s1. The summed E-state index contributed by atoms with van der Waals surface area (Å²) in [5.74, 6) is -0.672. The number of carbonyl (C=O) groups is 1. The summed E-state index contributed by atoms with van der Waals surface area (Å²) in [4.78, 5) is 15.0. The fourth-order valence-electron chi connectivity index (χ4n) is 1.83. The first-order valence-electron chi connectivity index (χ1n) is 5.96. The number of rotatable bonds is 3. The second-order valence-electron chi connectivity index (χ2n) is 4.38. The Morgan fingerprint density at radius 2 is 2.00 bits per heavy atom. The molecule has 8 heteroatoms. The van der Waals surface area contributed by atoms with Crippen molar-refractivity contribution in [3.05, 3.63) is 24.3 Å². The van der Waals surface area contributed by atoms with Crippen molar-refractivity contribution >= 4 is 27.6 Å². The smallest absolute Gasteiger partial charge is 0.344 e. The van der Waals surface area contributed by atoms with E-state index in [0.29, 0.717) is 30.8 Å². The number of benzene rings is 1. The number of ether oxygens (including phenoxy) is 1. The molecule has 1 heterocycles. The van der Waals surface area contributed by atoms with Crippen LogP contribution in [0.15, 0.2) is 34.2 Å². The Morgan fingerprint density at radius 3 is 2.55 bits per heavy atom. The first-order chi connectivity index (χ1) is 9.36. The van der Waals surface area contributed by atoms with Gasteiger partial charge in [0, 0.05) is 6.42 Å². The Balaban J connectivity index is 2.16. The van der Waals surface area contributed by atoms with E-state index in [1.54, 1.807) is 0 Å². The number of hydrogen-bond acceptors (Lipinski definition) is 5. The van der Waals surface area contributed by atoms with Gasteiger partial charge in [-0.2, -0.15) is 0 Å². The molecule has 0 saturated carbocycles. The SMILES string of the molecule is NS(=O)(=O)c1ccc(N=C2CCC[C@H](C(=O)O)O2)cc1. The highest BCUT2D eigenvalue weighted by Gasteiger charge is 2.25. The van der Waals surface area contributed by atoms with Crippen LogP contribution in [0.4, 0.5) is 5.69 Å². The van der Waals surface area contributed by atoms with Crippen LogP contribution in [0.2, 0.25) is 0 Å². The van der Waals surface area contributed by atoms with Gasteiger partial charge in [-0.25, -0.2) is 23.3 Å². The van der Waals surface area contributed by atoms with E-state index in [-0.39, 0.29) is 4.90 Å². The summed E-state index contributed by atoms with van der Waals surface area (Å²) in [5, 5.41) is 13.9. The van der Waals surface area contributed by atoms with E-state index >= 15 is 0 Å². The maximum absolute atomic E-state index is 11.1. The van der Waals surface area contributed by atoms with Crippen LogP contribution in [0.3, 0.4) is 0 Å². The molecule has 0 unspecified atom stereocenters. The largest absolute Gasteiger partial charge is 0.479 e. The third-order valence-corrected chi connectivity index (χ3v) is 3.76. The number of carboxylic acids is 1. The minimum atomic E-state index is -3.73.